The number of rotatable bonds is 3. The van der Waals surface area contributed by atoms with E-state index in [-0.39, 0.29) is 16.1 Å². The summed E-state index contributed by atoms with van der Waals surface area (Å²) < 4.78 is 53.1. The number of anilines is 2. The molecule has 0 saturated heterocycles. The van der Waals surface area contributed by atoms with Crippen LogP contribution in [0.1, 0.15) is 5.56 Å². The number of sulfonamides is 1. The van der Waals surface area contributed by atoms with Gasteiger partial charge in [0.15, 0.2) is 0 Å². The lowest BCUT2D eigenvalue weighted by molar-refractivity contribution is 0.590. The lowest BCUT2D eigenvalue weighted by Crippen LogP contribution is -2.14. The van der Waals surface area contributed by atoms with Gasteiger partial charge in [-0.1, -0.05) is 6.07 Å². The number of halogens is 2. The zero-order chi connectivity index (χ0) is 14.9. The van der Waals surface area contributed by atoms with Gasteiger partial charge < -0.3 is 5.73 Å². The molecule has 0 aliphatic carbocycles. The van der Waals surface area contributed by atoms with Gasteiger partial charge in [-0.3, -0.25) is 4.72 Å². The average Bonchev–Trinajstić information content (AvgIpc) is 2.36. The van der Waals surface area contributed by atoms with Crippen molar-refractivity contribution in [1.82, 2.24) is 0 Å². The zero-order valence-electron chi connectivity index (χ0n) is 10.5. The molecule has 106 valence electrons. The summed E-state index contributed by atoms with van der Waals surface area (Å²) in [5.41, 5.74) is 5.39. The molecule has 0 unspecified atom stereocenters. The predicted octanol–water partition coefficient (Wildman–Crippen LogP) is 2.66. The molecule has 0 saturated carbocycles. The fourth-order valence-corrected chi connectivity index (χ4v) is 2.72. The van der Waals surface area contributed by atoms with E-state index in [9.17, 15) is 17.2 Å². The standard InChI is InChI=1S/C13H12F2N2O2S/c1-8-5-12(15)13(7-11(8)14)17-20(18,19)10-4-2-3-9(16)6-10/h2-7,17H,16H2,1H3. The molecule has 2 aromatic carbocycles. The maximum atomic E-state index is 13.6. The number of hydrogen-bond donors (Lipinski definition) is 2. The van der Waals surface area contributed by atoms with Crippen LogP contribution in [0.4, 0.5) is 20.2 Å². The number of aryl methyl sites for hydroxylation is 1. The molecular weight excluding hydrogens is 286 g/mol. The van der Waals surface area contributed by atoms with Gasteiger partial charge in [0.25, 0.3) is 10.0 Å². The van der Waals surface area contributed by atoms with Crippen LogP contribution in [0.2, 0.25) is 0 Å². The Hall–Kier alpha value is -2.15. The van der Waals surface area contributed by atoms with Gasteiger partial charge in [-0.05, 0) is 36.8 Å². The van der Waals surface area contributed by atoms with Crippen LogP contribution in [-0.4, -0.2) is 8.42 Å². The van der Waals surface area contributed by atoms with Gasteiger partial charge in [-0.25, -0.2) is 17.2 Å². The first-order chi connectivity index (χ1) is 9.29. The van der Waals surface area contributed by atoms with E-state index < -0.39 is 27.3 Å². The second kappa shape index (κ2) is 5.09. The SMILES string of the molecule is Cc1cc(F)c(NS(=O)(=O)c2cccc(N)c2)cc1F. The maximum Gasteiger partial charge on any atom is 0.262 e. The molecule has 0 heterocycles. The van der Waals surface area contributed by atoms with E-state index in [0.717, 1.165) is 12.1 Å². The summed E-state index contributed by atoms with van der Waals surface area (Å²) >= 11 is 0. The number of nitrogens with two attached hydrogens (primary N) is 1. The van der Waals surface area contributed by atoms with Crippen molar-refractivity contribution in [3.05, 3.63) is 53.6 Å². The van der Waals surface area contributed by atoms with E-state index in [4.69, 9.17) is 5.73 Å². The maximum absolute atomic E-state index is 13.6. The number of nitrogens with one attached hydrogen (secondary N) is 1. The zero-order valence-corrected chi connectivity index (χ0v) is 11.3. The molecule has 2 rings (SSSR count). The second-order valence-electron chi connectivity index (χ2n) is 4.26. The van der Waals surface area contributed by atoms with Gasteiger partial charge in [0.2, 0.25) is 0 Å². The summed E-state index contributed by atoms with van der Waals surface area (Å²) in [7, 11) is -4.02. The highest BCUT2D eigenvalue weighted by atomic mass is 32.2. The van der Waals surface area contributed by atoms with Crippen molar-refractivity contribution in [3.8, 4) is 0 Å². The van der Waals surface area contributed by atoms with Crippen molar-refractivity contribution in [2.24, 2.45) is 0 Å². The molecule has 3 N–H and O–H groups in total. The first kappa shape index (κ1) is 14.3. The topological polar surface area (TPSA) is 72.2 Å². The van der Waals surface area contributed by atoms with E-state index >= 15 is 0 Å². The van der Waals surface area contributed by atoms with Crippen molar-refractivity contribution in [1.29, 1.82) is 0 Å². The first-order valence-electron chi connectivity index (χ1n) is 5.63. The molecule has 0 amide bonds. The van der Waals surface area contributed by atoms with Crippen LogP contribution >= 0.6 is 0 Å². The molecule has 0 atom stereocenters. The van der Waals surface area contributed by atoms with Crippen molar-refractivity contribution in [2.45, 2.75) is 11.8 Å². The Bertz CT molecular complexity index is 761. The summed E-state index contributed by atoms with van der Waals surface area (Å²) in [5.74, 6) is -1.55. The molecule has 0 fully saturated rings. The van der Waals surface area contributed by atoms with Crippen LogP contribution < -0.4 is 10.5 Å². The highest BCUT2D eigenvalue weighted by molar-refractivity contribution is 7.92. The fraction of sp³-hybridized carbons (Fsp3) is 0.0769. The van der Waals surface area contributed by atoms with E-state index in [1.54, 1.807) is 0 Å². The van der Waals surface area contributed by atoms with E-state index in [0.29, 0.717) is 0 Å². The molecule has 0 radical (unpaired) electrons. The number of benzene rings is 2. The van der Waals surface area contributed by atoms with Gasteiger partial charge >= 0.3 is 0 Å². The van der Waals surface area contributed by atoms with Crippen LogP contribution in [0.25, 0.3) is 0 Å². The Kier molecular flexibility index (Phi) is 3.63. The summed E-state index contributed by atoms with van der Waals surface area (Å²) in [6.07, 6.45) is 0. The molecule has 0 aliphatic rings. The lowest BCUT2D eigenvalue weighted by Gasteiger charge is -2.10. The van der Waals surface area contributed by atoms with Crippen LogP contribution in [0, 0.1) is 18.6 Å². The predicted molar refractivity (Wildman–Crippen MR) is 72.8 cm³/mol. The lowest BCUT2D eigenvalue weighted by atomic mass is 10.2. The third-order valence-corrected chi connectivity index (χ3v) is 4.02. The Labute approximate surface area is 115 Å². The van der Waals surface area contributed by atoms with E-state index in [2.05, 4.69) is 0 Å². The van der Waals surface area contributed by atoms with Crippen LogP contribution in [0.15, 0.2) is 41.3 Å². The average molecular weight is 298 g/mol. The van der Waals surface area contributed by atoms with Crippen LogP contribution in [0.5, 0.6) is 0 Å². The van der Waals surface area contributed by atoms with Crippen molar-refractivity contribution in [3.63, 3.8) is 0 Å². The molecule has 0 bridgehead atoms. The molecule has 7 heteroatoms. The molecule has 4 nitrogen and oxygen atoms in total. The molecule has 0 spiro atoms. The van der Waals surface area contributed by atoms with Crippen molar-refractivity contribution in [2.75, 3.05) is 10.5 Å². The van der Waals surface area contributed by atoms with E-state index in [1.165, 1.54) is 31.2 Å². The monoisotopic (exact) mass is 298 g/mol. The molecular formula is C13H12F2N2O2S. The fourth-order valence-electron chi connectivity index (χ4n) is 1.61. The first-order valence-corrected chi connectivity index (χ1v) is 7.12. The largest absolute Gasteiger partial charge is 0.399 e. The third-order valence-electron chi connectivity index (χ3n) is 2.66. The van der Waals surface area contributed by atoms with Gasteiger partial charge in [0.1, 0.15) is 11.6 Å². The normalized spacial score (nSPS) is 11.3. The number of nitrogen functional groups attached to an aromatic ring is 1. The summed E-state index contributed by atoms with van der Waals surface area (Å²) in [6.45, 7) is 1.38. The minimum absolute atomic E-state index is 0.0920. The van der Waals surface area contributed by atoms with Gasteiger partial charge in [0, 0.05) is 11.8 Å². The molecule has 20 heavy (non-hydrogen) atoms. The minimum atomic E-state index is -4.02. The summed E-state index contributed by atoms with van der Waals surface area (Å²) in [4.78, 5) is -0.127. The Morgan fingerprint density at radius 1 is 1.10 bits per heavy atom. The highest BCUT2D eigenvalue weighted by Crippen LogP contribution is 2.23. The summed E-state index contributed by atoms with van der Waals surface area (Å²) in [6, 6.07) is 7.23. The quantitative estimate of drug-likeness (QED) is 0.856. The Morgan fingerprint density at radius 2 is 1.80 bits per heavy atom. The smallest absolute Gasteiger partial charge is 0.262 e. The molecule has 0 aromatic heterocycles. The van der Waals surface area contributed by atoms with Gasteiger partial charge in [0.05, 0.1) is 10.6 Å². The van der Waals surface area contributed by atoms with E-state index in [1.807, 2.05) is 4.72 Å². The minimum Gasteiger partial charge on any atom is -0.399 e. The highest BCUT2D eigenvalue weighted by Gasteiger charge is 2.17. The number of hydrogen-bond acceptors (Lipinski definition) is 3. The van der Waals surface area contributed by atoms with Crippen LogP contribution in [-0.2, 0) is 10.0 Å². The molecule has 0 aliphatic heterocycles. The molecule has 2 aromatic rings. The van der Waals surface area contributed by atoms with Crippen molar-refractivity contribution < 1.29 is 17.2 Å². The third kappa shape index (κ3) is 2.88. The van der Waals surface area contributed by atoms with Crippen LogP contribution in [0.3, 0.4) is 0 Å². The van der Waals surface area contributed by atoms with Gasteiger partial charge in [-0.15, -0.1) is 0 Å². The second-order valence-corrected chi connectivity index (χ2v) is 5.94. The Morgan fingerprint density at radius 3 is 2.45 bits per heavy atom. The van der Waals surface area contributed by atoms with Gasteiger partial charge in [-0.2, -0.15) is 0 Å². The Balaban J connectivity index is 2.41. The van der Waals surface area contributed by atoms with Crippen molar-refractivity contribution >= 4 is 21.4 Å². The summed E-state index contributed by atoms with van der Waals surface area (Å²) in [5, 5.41) is 0.